The van der Waals surface area contributed by atoms with Crippen LogP contribution < -0.4 is 10.6 Å². The van der Waals surface area contributed by atoms with Crippen molar-refractivity contribution in [3.05, 3.63) is 47.3 Å². The number of nitrogens with zero attached hydrogens (tertiary/aromatic N) is 1. The number of para-hydroxylation sites is 1. The van der Waals surface area contributed by atoms with Crippen molar-refractivity contribution in [3.8, 4) is 0 Å². The topological polar surface area (TPSA) is 61.4 Å². The summed E-state index contributed by atoms with van der Waals surface area (Å²) < 4.78 is 0. The number of nitrogens with one attached hydrogen (secondary N) is 2. The fraction of sp³-hybridized carbons (Fsp3) is 0.400. The Hall–Kier alpha value is -2.34. The first-order valence-corrected chi connectivity index (χ1v) is 10.1. The molecule has 0 atom stereocenters. The lowest BCUT2D eigenvalue weighted by Crippen LogP contribution is -2.40. The number of anilines is 2. The predicted molar refractivity (Wildman–Crippen MR) is 105 cm³/mol. The molecule has 2 aliphatic carbocycles. The fourth-order valence-corrected chi connectivity index (χ4v) is 4.45. The third-order valence-electron chi connectivity index (χ3n) is 4.98. The second-order valence-corrected chi connectivity index (χ2v) is 8.07. The maximum absolute atomic E-state index is 13.0. The van der Waals surface area contributed by atoms with E-state index in [1.807, 2.05) is 42.5 Å². The zero-order valence-corrected chi connectivity index (χ0v) is 15.4. The van der Waals surface area contributed by atoms with E-state index in [1.54, 1.807) is 0 Å². The first-order chi connectivity index (χ1) is 12.7. The van der Waals surface area contributed by atoms with Crippen LogP contribution in [-0.4, -0.2) is 28.9 Å². The van der Waals surface area contributed by atoms with Crippen molar-refractivity contribution in [2.45, 2.75) is 50.6 Å². The summed E-state index contributed by atoms with van der Waals surface area (Å²) in [5.41, 5.74) is 0.735. The van der Waals surface area contributed by atoms with Crippen molar-refractivity contribution in [1.29, 1.82) is 0 Å². The Morgan fingerprint density at radius 2 is 1.58 bits per heavy atom. The number of hydrogen-bond donors (Lipinski definition) is 2. The van der Waals surface area contributed by atoms with Gasteiger partial charge in [0.15, 0.2) is 0 Å². The van der Waals surface area contributed by atoms with Gasteiger partial charge in [-0.2, -0.15) is 0 Å². The number of amides is 3. The molecular weight excluding hydrogens is 346 g/mol. The molecule has 2 aliphatic rings. The van der Waals surface area contributed by atoms with Crippen molar-refractivity contribution in [2.75, 3.05) is 10.6 Å². The van der Waals surface area contributed by atoms with E-state index >= 15 is 0 Å². The third-order valence-corrected chi connectivity index (χ3v) is 5.97. The third kappa shape index (κ3) is 3.90. The smallest absolute Gasteiger partial charge is 0.324 e. The van der Waals surface area contributed by atoms with Crippen LogP contribution in [-0.2, 0) is 0 Å². The summed E-state index contributed by atoms with van der Waals surface area (Å²) in [5.74, 6) is 0.126. The summed E-state index contributed by atoms with van der Waals surface area (Å²) >= 11 is 1.35. The van der Waals surface area contributed by atoms with Crippen LogP contribution in [0.1, 0.15) is 48.2 Å². The average molecular weight is 369 g/mol. The Bertz CT molecular complexity index is 779. The molecule has 0 saturated heterocycles. The highest BCUT2D eigenvalue weighted by atomic mass is 32.1. The van der Waals surface area contributed by atoms with Gasteiger partial charge in [0.05, 0.1) is 9.88 Å². The lowest BCUT2D eigenvalue weighted by molar-refractivity contribution is 0.0669. The van der Waals surface area contributed by atoms with E-state index in [2.05, 4.69) is 15.5 Å². The molecule has 1 aromatic heterocycles. The second-order valence-electron chi connectivity index (χ2n) is 6.99. The van der Waals surface area contributed by atoms with Gasteiger partial charge < -0.3 is 10.2 Å². The number of hydrogen-bond acceptors (Lipinski definition) is 3. The van der Waals surface area contributed by atoms with Crippen LogP contribution in [0.15, 0.2) is 42.5 Å². The maximum Gasteiger partial charge on any atom is 0.324 e. The molecule has 0 radical (unpaired) electrons. The molecule has 4 rings (SSSR count). The summed E-state index contributed by atoms with van der Waals surface area (Å²) in [6.45, 7) is 0. The average Bonchev–Trinajstić information content (AvgIpc) is 3.12. The van der Waals surface area contributed by atoms with Crippen molar-refractivity contribution in [1.82, 2.24) is 4.90 Å². The summed E-state index contributed by atoms with van der Waals surface area (Å²) in [6.07, 6.45) is 6.93. The fourth-order valence-electron chi connectivity index (χ4n) is 3.61. The number of carbonyl (C=O) groups excluding carboxylic acids is 2. The van der Waals surface area contributed by atoms with E-state index in [9.17, 15) is 9.59 Å². The van der Waals surface area contributed by atoms with Crippen LogP contribution >= 0.6 is 11.3 Å². The van der Waals surface area contributed by atoms with Crippen LogP contribution in [0.2, 0.25) is 0 Å². The van der Waals surface area contributed by atoms with E-state index in [0.717, 1.165) is 31.4 Å². The molecule has 0 spiro atoms. The number of rotatable bonds is 5. The second kappa shape index (κ2) is 7.50. The first-order valence-electron chi connectivity index (χ1n) is 9.26. The molecule has 2 aromatic rings. The highest BCUT2D eigenvalue weighted by Crippen LogP contribution is 2.36. The molecule has 1 aromatic carbocycles. The monoisotopic (exact) mass is 369 g/mol. The Morgan fingerprint density at radius 1 is 0.885 bits per heavy atom. The van der Waals surface area contributed by atoms with Gasteiger partial charge in [-0.25, -0.2) is 4.79 Å². The minimum absolute atomic E-state index is 0.126. The molecular formula is C20H23N3O2S. The van der Waals surface area contributed by atoms with E-state index in [0.29, 0.717) is 22.0 Å². The Balaban J connectivity index is 1.40. The van der Waals surface area contributed by atoms with Gasteiger partial charge in [0, 0.05) is 17.8 Å². The molecule has 5 nitrogen and oxygen atoms in total. The van der Waals surface area contributed by atoms with E-state index in [-0.39, 0.29) is 11.9 Å². The van der Waals surface area contributed by atoms with Crippen molar-refractivity contribution in [3.63, 3.8) is 0 Å². The number of benzene rings is 1. The molecule has 0 unspecified atom stereocenters. The summed E-state index contributed by atoms with van der Waals surface area (Å²) in [6, 6.07) is 13.5. The summed E-state index contributed by atoms with van der Waals surface area (Å²) in [4.78, 5) is 27.9. The highest BCUT2D eigenvalue weighted by Gasteiger charge is 2.39. The zero-order valence-electron chi connectivity index (χ0n) is 14.6. The zero-order chi connectivity index (χ0) is 17.9. The molecule has 26 heavy (non-hydrogen) atoms. The van der Waals surface area contributed by atoms with Crippen molar-refractivity contribution >= 4 is 34.0 Å². The molecule has 136 valence electrons. The number of thiophene rings is 1. The molecule has 3 amide bonds. The van der Waals surface area contributed by atoms with Gasteiger partial charge in [-0.1, -0.05) is 31.0 Å². The Morgan fingerprint density at radius 3 is 2.27 bits per heavy atom. The predicted octanol–water partition coefficient (Wildman–Crippen LogP) is 4.94. The van der Waals surface area contributed by atoms with Crippen LogP contribution in [0.25, 0.3) is 0 Å². The van der Waals surface area contributed by atoms with Crippen LogP contribution in [0, 0.1) is 0 Å². The van der Waals surface area contributed by atoms with Crippen molar-refractivity contribution in [2.24, 2.45) is 0 Å². The lowest BCUT2D eigenvalue weighted by atomic mass is 10.2. The molecule has 0 bridgehead atoms. The van der Waals surface area contributed by atoms with E-state index in [4.69, 9.17) is 0 Å². The molecule has 2 saturated carbocycles. The van der Waals surface area contributed by atoms with Gasteiger partial charge in [-0.15, -0.1) is 11.3 Å². The van der Waals surface area contributed by atoms with Gasteiger partial charge in [0.1, 0.15) is 0 Å². The van der Waals surface area contributed by atoms with Gasteiger partial charge in [0.25, 0.3) is 5.91 Å². The molecule has 6 heteroatoms. The van der Waals surface area contributed by atoms with E-state index in [1.165, 1.54) is 24.2 Å². The standard InChI is InChI=1S/C20H23N3O2S/c24-19(23(16-10-11-16)15-8-4-5-9-15)17-12-13-18(26-17)22-20(25)21-14-6-2-1-3-7-14/h1-3,6-7,12-13,15-16H,4-5,8-11H2,(H2,21,22,25). The van der Waals surface area contributed by atoms with Gasteiger partial charge >= 0.3 is 6.03 Å². The quantitative estimate of drug-likeness (QED) is 0.784. The Labute approximate surface area is 157 Å². The SMILES string of the molecule is O=C(Nc1ccccc1)Nc1ccc(C(=O)N(C2CCCC2)C2CC2)s1. The molecule has 2 N–H and O–H groups in total. The Kier molecular flexibility index (Phi) is 4.93. The maximum atomic E-state index is 13.0. The molecule has 2 fully saturated rings. The first kappa shape index (κ1) is 17.1. The highest BCUT2D eigenvalue weighted by molar-refractivity contribution is 7.18. The van der Waals surface area contributed by atoms with Crippen LogP contribution in [0.5, 0.6) is 0 Å². The normalized spacial score (nSPS) is 17.1. The summed E-state index contributed by atoms with van der Waals surface area (Å²) in [5, 5.41) is 6.29. The van der Waals surface area contributed by atoms with Crippen LogP contribution in [0.4, 0.5) is 15.5 Å². The van der Waals surface area contributed by atoms with Crippen LogP contribution in [0.3, 0.4) is 0 Å². The lowest BCUT2D eigenvalue weighted by Gasteiger charge is -2.28. The number of urea groups is 1. The largest absolute Gasteiger partial charge is 0.332 e. The van der Waals surface area contributed by atoms with Gasteiger partial charge in [-0.3, -0.25) is 10.1 Å². The van der Waals surface area contributed by atoms with Gasteiger partial charge in [0.2, 0.25) is 0 Å². The minimum atomic E-state index is -0.299. The van der Waals surface area contributed by atoms with E-state index < -0.39 is 0 Å². The van der Waals surface area contributed by atoms with Crippen molar-refractivity contribution < 1.29 is 9.59 Å². The number of carbonyl (C=O) groups is 2. The summed E-state index contributed by atoms with van der Waals surface area (Å²) in [7, 11) is 0. The molecule has 1 heterocycles. The molecule has 0 aliphatic heterocycles. The minimum Gasteiger partial charge on any atom is -0.332 e. The van der Waals surface area contributed by atoms with Gasteiger partial charge in [-0.05, 0) is 49.9 Å².